The molecule has 0 aliphatic rings. The fraction of sp³-hybridized carbons (Fsp3) is 0. The number of nitrogens with zero attached hydrogens (tertiary/aromatic N) is 3. The Labute approximate surface area is 340 Å². The topological polar surface area (TPSA) is 29.0 Å². The van der Waals surface area contributed by atoms with Crippen LogP contribution in [0.2, 0.25) is 0 Å². The van der Waals surface area contributed by atoms with Crippen molar-refractivity contribution in [2.24, 2.45) is 0 Å². The molecule has 0 saturated carbocycles. The molecule has 0 aliphatic heterocycles. The first-order valence-electron chi connectivity index (χ1n) is 19.6. The Morgan fingerprint density at radius 2 is 0.966 bits per heavy atom. The lowest BCUT2D eigenvalue weighted by Gasteiger charge is -2.28. The summed E-state index contributed by atoms with van der Waals surface area (Å²) < 4.78 is 2.57. The number of hydrogen-bond acceptors (Lipinski definition) is 4. The molecule has 272 valence electrons. The van der Waals surface area contributed by atoms with E-state index in [0.717, 1.165) is 72.5 Å². The smallest absolute Gasteiger partial charge is 0.0973 e. The van der Waals surface area contributed by atoms with Gasteiger partial charge >= 0.3 is 0 Å². The van der Waals surface area contributed by atoms with Crippen molar-refractivity contribution in [2.45, 2.75) is 0 Å². The lowest BCUT2D eigenvalue weighted by atomic mass is 9.97. The van der Waals surface area contributed by atoms with Gasteiger partial charge in [-0.2, -0.15) is 0 Å². The lowest BCUT2D eigenvalue weighted by Crippen LogP contribution is -2.11. The summed E-state index contributed by atoms with van der Waals surface area (Å²) in [5.41, 5.74) is 13.6. The van der Waals surface area contributed by atoms with Crippen molar-refractivity contribution in [3.05, 3.63) is 212 Å². The number of thiophene rings is 1. The van der Waals surface area contributed by atoms with Gasteiger partial charge in [0.05, 0.1) is 28.1 Å². The minimum atomic E-state index is 0.870. The maximum absolute atomic E-state index is 5.41. The molecule has 0 radical (unpaired) electrons. The average molecular weight is 758 g/mol. The van der Waals surface area contributed by atoms with Crippen LogP contribution >= 0.6 is 11.3 Å². The Morgan fingerprint density at radius 1 is 0.362 bits per heavy atom. The monoisotopic (exact) mass is 757 g/mol. The fourth-order valence-electron chi connectivity index (χ4n) is 8.26. The standard InChI is InChI=1S/C54H35N3S/c1-4-15-36(16-5-1)39-21-14-22-40(33-39)44-23-10-12-25-49(44)57(43-29-32-51-47(35-43)46-24-11-13-26-50(46)58-51)42-28-30-45-41(34-42)27-31-48-54(45)56-53(38-19-8-3-9-20-38)52(55-48)37-17-6-2-7-18-37/h1-35H. The van der Waals surface area contributed by atoms with Gasteiger partial charge in [-0.15, -0.1) is 11.3 Å². The second-order valence-corrected chi connectivity index (χ2v) is 15.7. The number of benzene rings is 9. The number of hydrogen-bond donors (Lipinski definition) is 0. The second-order valence-electron chi connectivity index (χ2n) is 14.6. The van der Waals surface area contributed by atoms with E-state index in [4.69, 9.17) is 9.97 Å². The average Bonchev–Trinajstić information content (AvgIpc) is 3.68. The minimum Gasteiger partial charge on any atom is -0.310 e. The van der Waals surface area contributed by atoms with Crippen molar-refractivity contribution < 1.29 is 0 Å². The van der Waals surface area contributed by atoms with E-state index in [1.54, 1.807) is 0 Å². The molecule has 9 aromatic carbocycles. The van der Waals surface area contributed by atoms with Crippen LogP contribution in [0.4, 0.5) is 17.1 Å². The summed E-state index contributed by atoms with van der Waals surface area (Å²) in [6.07, 6.45) is 0. The zero-order valence-electron chi connectivity index (χ0n) is 31.5. The molecule has 4 heteroatoms. The largest absolute Gasteiger partial charge is 0.310 e. The zero-order valence-corrected chi connectivity index (χ0v) is 32.3. The van der Waals surface area contributed by atoms with Gasteiger partial charge in [0.15, 0.2) is 0 Å². The summed E-state index contributed by atoms with van der Waals surface area (Å²) >= 11 is 1.84. The summed E-state index contributed by atoms with van der Waals surface area (Å²) in [7, 11) is 0. The van der Waals surface area contributed by atoms with Gasteiger partial charge in [-0.3, -0.25) is 0 Å². The molecule has 0 saturated heterocycles. The van der Waals surface area contributed by atoms with Crippen LogP contribution in [-0.4, -0.2) is 9.97 Å². The Hall–Kier alpha value is -7.40. The molecule has 2 heterocycles. The van der Waals surface area contributed by atoms with Gasteiger partial charge in [0, 0.05) is 53.6 Å². The van der Waals surface area contributed by atoms with Crippen molar-refractivity contribution in [1.29, 1.82) is 0 Å². The second kappa shape index (κ2) is 14.3. The van der Waals surface area contributed by atoms with E-state index in [1.807, 2.05) is 23.5 Å². The number of anilines is 3. The highest BCUT2D eigenvalue weighted by Crippen LogP contribution is 2.45. The molecule has 0 bridgehead atoms. The van der Waals surface area contributed by atoms with Crippen LogP contribution in [0.3, 0.4) is 0 Å². The third-order valence-corrected chi connectivity index (χ3v) is 12.2. The SMILES string of the molecule is c1ccc(-c2cccc(-c3ccccc3N(c3ccc4c(ccc5nc(-c6ccccc6)c(-c6ccccc6)nc54)c3)c3ccc4sc5ccccc5c4c3)c2)cc1. The van der Waals surface area contributed by atoms with Crippen LogP contribution in [-0.2, 0) is 0 Å². The van der Waals surface area contributed by atoms with Crippen LogP contribution in [0.5, 0.6) is 0 Å². The summed E-state index contributed by atoms with van der Waals surface area (Å²) in [4.78, 5) is 13.1. The van der Waals surface area contributed by atoms with Crippen molar-refractivity contribution in [2.75, 3.05) is 4.90 Å². The van der Waals surface area contributed by atoms with Gasteiger partial charge in [0.1, 0.15) is 0 Å². The van der Waals surface area contributed by atoms with E-state index in [0.29, 0.717) is 0 Å². The fourth-order valence-corrected chi connectivity index (χ4v) is 9.35. The Morgan fingerprint density at radius 3 is 1.76 bits per heavy atom. The summed E-state index contributed by atoms with van der Waals surface area (Å²) in [6, 6.07) is 75.7. The minimum absolute atomic E-state index is 0.870. The molecule has 0 amide bonds. The van der Waals surface area contributed by atoms with Gasteiger partial charge < -0.3 is 4.90 Å². The first-order chi connectivity index (χ1) is 28.7. The van der Waals surface area contributed by atoms with Crippen LogP contribution in [0.15, 0.2) is 212 Å². The Bertz CT molecular complexity index is 3280. The number of fused-ring (bicyclic) bond motifs is 6. The van der Waals surface area contributed by atoms with Crippen molar-refractivity contribution in [3.63, 3.8) is 0 Å². The van der Waals surface area contributed by atoms with Crippen LogP contribution in [0.25, 0.3) is 86.7 Å². The molecular weight excluding hydrogens is 723 g/mol. The highest BCUT2D eigenvalue weighted by Gasteiger charge is 2.21. The molecule has 3 nitrogen and oxygen atoms in total. The van der Waals surface area contributed by atoms with Crippen LogP contribution in [0.1, 0.15) is 0 Å². The molecule has 58 heavy (non-hydrogen) atoms. The zero-order chi connectivity index (χ0) is 38.4. The molecule has 0 unspecified atom stereocenters. The normalized spacial score (nSPS) is 11.4. The van der Waals surface area contributed by atoms with E-state index in [2.05, 4.69) is 205 Å². The molecule has 2 aromatic heterocycles. The first-order valence-corrected chi connectivity index (χ1v) is 20.4. The Kier molecular flexibility index (Phi) is 8.34. The molecule has 0 fully saturated rings. The predicted molar refractivity (Wildman–Crippen MR) is 246 cm³/mol. The van der Waals surface area contributed by atoms with E-state index >= 15 is 0 Å². The van der Waals surface area contributed by atoms with Gasteiger partial charge in [-0.1, -0.05) is 158 Å². The van der Waals surface area contributed by atoms with Gasteiger partial charge in [0.2, 0.25) is 0 Å². The quantitative estimate of drug-likeness (QED) is 0.152. The lowest BCUT2D eigenvalue weighted by molar-refractivity contribution is 1.29. The van der Waals surface area contributed by atoms with Crippen LogP contribution < -0.4 is 4.90 Å². The van der Waals surface area contributed by atoms with E-state index in [-0.39, 0.29) is 0 Å². The molecule has 0 spiro atoms. The van der Waals surface area contributed by atoms with E-state index in [9.17, 15) is 0 Å². The summed E-state index contributed by atoms with van der Waals surface area (Å²) in [5.74, 6) is 0. The first kappa shape index (κ1) is 33.9. The molecule has 0 atom stereocenters. The number of aromatic nitrogens is 2. The number of para-hydroxylation sites is 1. The van der Waals surface area contributed by atoms with Crippen molar-refractivity contribution >= 4 is 70.4 Å². The van der Waals surface area contributed by atoms with Crippen LogP contribution in [0, 0.1) is 0 Å². The van der Waals surface area contributed by atoms with Gasteiger partial charge in [-0.05, 0) is 76.7 Å². The number of rotatable bonds is 7. The van der Waals surface area contributed by atoms with Crippen molar-refractivity contribution in [3.8, 4) is 44.8 Å². The molecule has 0 aliphatic carbocycles. The Balaban J connectivity index is 1.12. The molecule has 0 N–H and O–H groups in total. The highest BCUT2D eigenvalue weighted by atomic mass is 32.1. The summed E-state index contributed by atoms with van der Waals surface area (Å²) in [6.45, 7) is 0. The predicted octanol–water partition coefficient (Wildman–Crippen LogP) is 15.3. The molecule has 11 rings (SSSR count). The summed E-state index contributed by atoms with van der Waals surface area (Å²) in [5, 5.41) is 4.70. The molecular formula is C54H35N3S. The van der Waals surface area contributed by atoms with E-state index in [1.165, 1.54) is 31.3 Å². The maximum Gasteiger partial charge on any atom is 0.0973 e. The van der Waals surface area contributed by atoms with E-state index < -0.39 is 0 Å². The molecule has 11 aromatic rings. The maximum atomic E-state index is 5.41. The third-order valence-electron chi connectivity index (χ3n) is 11.0. The van der Waals surface area contributed by atoms with Crippen molar-refractivity contribution in [1.82, 2.24) is 9.97 Å². The van der Waals surface area contributed by atoms with Gasteiger partial charge in [-0.25, -0.2) is 9.97 Å². The third kappa shape index (κ3) is 5.99. The highest BCUT2D eigenvalue weighted by molar-refractivity contribution is 7.25. The van der Waals surface area contributed by atoms with Gasteiger partial charge in [0.25, 0.3) is 0 Å².